The highest BCUT2D eigenvalue weighted by molar-refractivity contribution is 7.89. The molecule has 1 N–H and O–H groups in total. The summed E-state index contributed by atoms with van der Waals surface area (Å²) in [5.74, 6) is -0.291. The zero-order valence-electron chi connectivity index (χ0n) is 10.5. The molecule has 0 aliphatic heterocycles. The van der Waals surface area contributed by atoms with Gasteiger partial charge >= 0.3 is 0 Å². The molecule has 1 rings (SSSR count). The number of hydrogen-bond acceptors (Lipinski definition) is 4. The van der Waals surface area contributed by atoms with E-state index in [-0.39, 0.29) is 17.4 Å². The molecule has 0 saturated carbocycles. The van der Waals surface area contributed by atoms with E-state index in [0.717, 1.165) is 4.31 Å². The molecular formula is C11H16N2O4S. The van der Waals surface area contributed by atoms with Crippen molar-refractivity contribution in [3.8, 4) is 0 Å². The SMILES string of the molecule is COCC(=O)Nc1ccc(S(=O)(=O)N(C)C)cc1. The first kappa shape index (κ1) is 14.6. The van der Waals surface area contributed by atoms with Crippen molar-refractivity contribution in [2.75, 3.05) is 33.1 Å². The number of nitrogens with zero attached hydrogens (tertiary/aromatic N) is 1. The normalized spacial score (nSPS) is 11.6. The number of benzene rings is 1. The van der Waals surface area contributed by atoms with E-state index in [4.69, 9.17) is 0 Å². The summed E-state index contributed by atoms with van der Waals surface area (Å²) in [5.41, 5.74) is 0.523. The first-order valence-corrected chi connectivity index (χ1v) is 6.63. The molecule has 1 amide bonds. The number of carbonyl (C=O) groups is 1. The molecule has 0 radical (unpaired) electrons. The Morgan fingerprint density at radius 1 is 1.28 bits per heavy atom. The Morgan fingerprint density at radius 3 is 2.28 bits per heavy atom. The molecule has 7 heteroatoms. The smallest absolute Gasteiger partial charge is 0.250 e. The lowest BCUT2D eigenvalue weighted by Crippen LogP contribution is -2.22. The van der Waals surface area contributed by atoms with Crippen molar-refractivity contribution in [2.24, 2.45) is 0 Å². The molecule has 0 aliphatic carbocycles. The molecule has 100 valence electrons. The predicted octanol–water partition coefficient (Wildman–Crippen LogP) is 0.522. The molecule has 18 heavy (non-hydrogen) atoms. The second-order valence-electron chi connectivity index (χ2n) is 3.79. The largest absolute Gasteiger partial charge is 0.375 e. The number of sulfonamides is 1. The molecule has 0 bridgehead atoms. The average Bonchev–Trinajstić information content (AvgIpc) is 2.29. The van der Waals surface area contributed by atoms with Gasteiger partial charge in [-0.2, -0.15) is 0 Å². The monoisotopic (exact) mass is 272 g/mol. The summed E-state index contributed by atoms with van der Waals surface area (Å²) in [5, 5.41) is 2.58. The van der Waals surface area contributed by atoms with Crippen LogP contribution >= 0.6 is 0 Å². The highest BCUT2D eigenvalue weighted by Crippen LogP contribution is 2.16. The van der Waals surface area contributed by atoms with Crippen molar-refractivity contribution < 1.29 is 17.9 Å². The van der Waals surface area contributed by atoms with Gasteiger partial charge in [0.15, 0.2) is 0 Å². The average molecular weight is 272 g/mol. The second-order valence-corrected chi connectivity index (χ2v) is 5.94. The minimum atomic E-state index is -3.44. The summed E-state index contributed by atoms with van der Waals surface area (Å²) in [4.78, 5) is 11.4. The van der Waals surface area contributed by atoms with Crippen molar-refractivity contribution in [3.05, 3.63) is 24.3 Å². The predicted molar refractivity (Wildman–Crippen MR) is 67.8 cm³/mol. The van der Waals surface area contributed by atoms with Gasteiger partial charge < -0.3 is 10.1 Å². The maximum Gasteiger partial charge on any atom is 0.250 e. The summed E-state index contributed by atoms with van der Waals surface area (Å²) in [6.07, 6.45) is 0. The summed E-state index contributed by atoms with van der Waals surface area (Å²) >= 11 is 0. The lowest BCUT2D eigenvalue weighted by Gasteiger charge is -2.11. The number of hydrogen-bond donors (Lipinski definition) is 1. The van der Waals surface area contributed by atoms with Gasteiger partial charge in [0, 0.05) is 26.9 Å². The third kappa shape index (κ3) is 3.52. The first-order valence-electron chi connectivity index (χ1n) is 5.19. The van der Waals surface area contributed by atoms with Gasteiger partial charge in [-0.3, -0.25) is 4.79 Å². The summed E-state index contributed by atoms with van der Waals surface area (Å²) < 4.78 is 29.4. The van der Waals surface area contributed by atoms with Gasteiger partial charge in [0.25, 0.3) is 0 Å². The highest BCUT2D eigenvalue weighted by atomic mass is 32.2. The van der Waals surface area contributed by atoms with E-state index in [1.54, 1.807) is 0 Å². The fraction of sp³-hybridized carbons (Fsp3) is 0.364. The maximum atomic E-state index is 11.8. The molecule has 6 nitrogen and oxygen atoms in total. The van der Waals surface area contributed by atoms with Gasteiger partial charge in [0.05, 0.1) is 4.90 Å². The van der Waals surface area contributed by atoms with Gasteiger partial charge in [-0.15, -0.1) is 0 Å². The van der Waals surface area contributed by atoms with Gasteiger partial charge in [-0.25, -0.2) is 12.7 Å². The van der Waals surface area contributed by atoms with Crippen LogP contribution < -0.4 is 5.32 Å². The van der Waals surface area contributed by atoms with Gasteiger partial charge in [-0.1, -0.05) is 0 Å². The molecule has 0 heterocycles. The van der Waals surface area contributed by atoms with Crippen LogP contribution in [-0.2, 0) is 19.6 Å². The Balaban J connectivity index is 2.84. The fourth-order valence-electron chi connectivity index (χ4n) is 1.25. The topological polar surface area (TPSA) is 75.7 Å². The van der Waals surface area contributed by atoms with Crippen LogP contribution in [0.4, 0.5) is 5.69 Å². The highest BCUT2D eigenvalue weighted by Gasteiger charge is 2.16. The molecule has 0 atom stereocenters. The Hall–Kier alpha value is -1.44. The maximum absolute atomic E-state index is 11.8. The number of anilines is 1. The summed E-state index contributed by atoms with van der Waals surface area (Å²) in [6.45, 7) is -0.0439. The zero-order valence-corrected chi connectivity index (χ0v) is 11.3. The molecule has 1 aromatic rings. The fourth-order valence-corrected chi connectivity index (χ4v) is 2.15. The number of nitrogens with one attached hydrogen (secondary N) is 1. The van der Waals surface area contributed by atoms with E-state index in [9.17, 15) is 13.2 Å². The van der Waals surface area contributed by atoms with E-state index < -0.39 is 10.0 Å². The van der Waals surface area contributed by atoms with Crippen molar-refractivity contribution in [3.63, 3.8) is 0 Å². The third-order valence-electron chi connectivity index (χ3n) is 2.19. The number of methoxy groups -OCH3 is 1. The molecule has 0 aliphatic rings. The van der Waals surface area contributed by atoms with Crippen LogP contribution in [0.1, 0.15) is 0 Å². The van der Waals surface area contributed by atoms with Crippen molar-refractivity contribution >= 4 is 21.6 Å². The minimum absolute atomic E-state index is 0.0439. The van der Waals surface area contributed by atoms with Crippen LogP contribution in [0.3, 0.4) is 0 Å². The Kier molecular flexibility index (Phi) is 4.83. The van der Waals surface area contributed by atoms with E-state index in [2.05, 4.69) is 10.1 Å². The molecule has 0 spiro atoms. The Morgan fingerprint density at radius 2 is 1.83 bits per heavy atom. The van der Waals surface area contributed by atoms with Gasteiger partial charge in [-0.05, 0) is 24.3 Å². The minimum Gasteiger partial charge on any atom is -0.375 e. The first-order chi connectivity index (χ1) is 8.37. The number of ether oxygens (including phenoxy) is 1. The van der Waals surface area contributed by atoms with Crippen LogP contribution in [0.25, 0.3) is 0 Å². The molecule has 0 aromatic heterocycles. The lowest BCUT2D eigenvalue weighted by molar-refractivity contribution is -0.119. The molecular weight excluding hydrogens is 256 g/mol. The van der Waals surface area contributed by atoms with Gasteiger partial charge in [0.1, 0.15) is 6.61 Å². The molecule has 0 fully saturated rings. The third-order valence-corrected chi connectivity index (χ3v) is 4.02. The van der Waals surface area contributed by atoms with Crippen molar-refractivity contribution in [1.29, 1.82) is 0 Å². The number of rotatable bonds is 5. The molecule has 0 saturated heterocycles. The number of amides is 1. The van der Waals surface area contributed by atoms with E-state index >= 15 is 0 Å². The van der Waals surface area contributed by atoms with Crippen LogP contribution in [-0.4, -0.2) is 46.4 Å². The standard InChI is InChI=1S/C11H16N2O4S/c1-13(2)18(15,16)10-6-4-9(5-7-10)12-11(14)8-17-3/h4-7H,8H2,1-3H3,(H,12,14). The number of carbonyl (C=O) groups excluding carboxylic acids is 1. The zero-order chi connectivity index (χ0) is 13.8. The molecule has 1 aromatic carbocycles. The van der Waals surface area contributed by atoms with Crippen LogP contribution in [0, 0.1) is 0 Å². The Bertz CT molecular complexity index is 508. The van der Waals surface area contributed by atoms with Crippen molar-refractivity contribution in [2.45, 2.75) is 4.90 Å². The Labute approximate surface area is 107 Å². The van der Waals surface area contributed by atoms with Crippen LogP contribution in [0.15, 0.2) is 29.2 Å². The lowest BCUT2D eigenvalue weighted by atomic mass is 10.3. The van der Waals surface area contributed by atoms with Crippen LogP contribution in [0.5, 0.6) is 0 Å². The van der Waals surface area contributed by atoms with Crippen LogP contribution in [0.2, 0.25) is 0 Å². The van der Waals surface area contributed by atoms with Crippen molar-refractivity contribution in [1.82, 2.24) is 4.31 Å². The van der Waals surface area contributed by atoms with E-state index in [1.807, 2.05) is 0 Å². The van der Waals surface area contributed by atoms with Gasteiger partial charge in [0.2, 0.25) is 15.9 Å². The molecule has 0 unspecified atom stereocenters. The summed E-state index contributed by atoms with van der Waals surface area (Å²) in [6, 6.07) is 5.95. The van der Waals surface area contributed by atoms with E-state index in [1.165, 1.54) is 45.5 Å². The quantitative estimate of drug-likeness (QED) is 0.848. The van der Waals surface area contributed by atoms with E-state index in [0.29, 0.717) is 5.69 Å². The second kappa shape index (κ2) is 5.94. The summed E-state index contributed by atoms with van der Waals surface area (Å²) in [7, 11) is 0.910.